The third-order valence-corrected chi connectivity index (χ3v) is 2.08. The molecule has 70 valence electrons. The van der Waals surface area contributed by atoms with Crippen molar-refractivity contribution >= 4 is 34.5 Å². The van der Waals surface area contributed by atoms with Crippen LogP contribution in [0.2, 0.25) is 0 Å². The molecule has 0 saturated carbocycles. The lowest BCUT2D eigenvalue weighted by Crippen LogP contribution is -2.44. The van der Waals surface area contributed by atoms with E-state index in [2.05, 4.69) is 32.6 Å². The van der Waals surface area contributed by atoms with Crippen LogP contribution in [0.4, 0.5) is 4.79 Å². The topological polar surface area (TPSA) is 55.4 Å². The molecule has 5 heteroatoms. The number of alkyl halides is 1. The second-order valence-corrected chi connectivity index (χ2v) is 4.37. The highest BCUT2D eigenvalue weighted by Gasteiger charge is 2.21. The van der Waals surface area contributed by atoms with Crippen LogP contribution in [0.5, 0.6) is 0 Å². The summed E-state index contributed by atoms with van der Waals surface area (Å²) in [5.74, 6) is -0.0673. The molecule has 0 aromatic carbocycles. The minimum atomic E-state index is -0.571. The number of ether oxygens (including phenoxy) is 1. The Balaban J connectivity index is 4.14. The molecule has 0 fully saturated rings. The predicted octanol–water partition coefficient (Wildman–Crippen LogP) is 1.12. The van der Waals surface area contributed by atoms with Gasteiger partial charge in [-0.15, -0.1) is 0 Å². The first kappa shape index (κ1) is 11.7. The zero-order chi connectivity index (χ0) is 9.72. The molecule has 0 radical (unpaired) electrons. The van der Waals surface area contributed by atoms with Gasteiger partial charge in [0, 0.05) is 3.92 Å². The van der Waals surface area contributed by atoms with Crippen LogP contribution in [0.25, 0.3) is 0 Å². The summed E-state index contributed by atoms with van der Waals surface area (Å²) >= 11 is 2.08. The maximum Gasteiger partial charge on any atom is 0.407 e. The van der Waals surface area contributed by atoms with Crippen LogP contribution < -0.4 is 5.32 Å². The van der Waals surface area contributed by atoms with Gasteiger partial charge in [-0.05, 0) is 6.92 Å². The van der Waals surface area contributed by atoms with E-state index in [0.29, 0.717) is 0 Å². The third-order valence-electron chi connectivity index (χ3n) is 1.36. The Kier molecular flexibility index (Phi) is 5.19. The SMILES string of the molecule is COC(=O)N[C@H](C(C)=O)C(C)I. The average molecular weight is 285 g/mol. The fourth-order valence-corrected chi connectivity index (χ4v) is 1.41. The van der Waals surface area contributed by atoms with Gasteiger partial charge in [0.1, 0.15) is 6.04 Å². The molecule has 2 atom stereocenters. The summed E-state index contributed by atoms with van der Waals surface area (Å²) in [5.41, 5.74) is 0. The number of rotatable bonds is 3. The minimum absolute atomic E-state index is 0.0548. The lowest BCUT2D eigenvalue weighted by atomic mass is 10.1. The van der Waals surface area contributed by atoms with Crippen molar-refractivity contribution in [3.8, 4) is 0 Å². The van der Waals surface area contributed by atoms with Gasteiger partial charge in [0.15, 0.2) is 5.78 Å². The van der Waals surface area contributed by atoms with Gasteiger partial charge >= 0.3 is 6.09 Å². The number of carbonyl (C=O) groups is 2. The Labute approximate surface area is 85.2 Å². The van der Waals surface area contributed by atoms with E-state index in [0.717, 1.165) is 0 Å². The average Bonchev–Trinajstić information content (AvgIpc) is 1.98. The van der Waals surface area contributed by atoms with E-state index in [-0.39, 0.29) is 9.71 Å². The summed E-state index contributed by atoms with van der Waals surface area (Å²) in [6, 6.07) is -0.460. The van der Waals surface area contributed by atoms with Crippen LogP contribution in [-0.2, 0) is 9.53 Å². The molecule has 0 saturated heterocycles. The molecule has 0 bridgehead atoms. The van der Waals surface area contributed by atoms with Gasteiger partial charge in [-0.1, -0.05) is 29.5 Å². The molecular weight excluding hydrogens is 273 g/mol. The van der Waals surface area contributed by atoms with E-state index in [1.165, 1.54) is 14.0 Å². The highest BCUT2D eigenvalue weighted by molar-refractivity contribution is 14.1. The number of Topliss-reactive ketones (excluding diaryl/α,β-unsaturated/α-hetero) is 1. The van der Waals surface area contributed by atoms with Gasteiger partial charge in [0.2, 0.25) is 0 Å². The highest BCUT2D eigenvalue weighted by atomic mass is 127. The summed E-state index contributed by atoms with van der Waals surface area (Å²) < 4.78 is 4.43. The Morgan fingerprint density at radius 3 is 2.25 bits per heavy atom. The number of alkyl carbamates (subject to hydrolysis) is 1. The minimum Gasteiger partial charge on any atom is -0.453 e. The van der Waals surface area contributed by atoms with Crippen LogP contribution in [0.15, 0.2) is 0 Å². The first-order valence-corrected chi connectivity index (χ1v) is 4.72. The van der Waals surface area contributed by atoms with E-state index in [1.54, 1.807) is 0 Å². The van der Waals surface area contributed by atoms with Crippen molar-refractivity contribution in [3.63, 3.8) is 0 Å². The van der Waals surface area contributed by atoms with Crippen LogP contribution in [0.3, 0.4) is 0 Å². The number of carbonyl (C=O) groups excluding carboxylic acids is 2. The van der Waals surface area contributed by atoms with Crippen LogP contribution in [-0.4, -0.2) is 29.0 Å². The Morgan fingerprint density at radius 1 is 1.50 bits per heavy atom. The van der Waals surface area contributed by atoms with Crippen molar-refractivity contribution in [2.75, 3.05) is 7.11 Å². The molecule has 1 amide bonds. The molecular formula is C7H12INO3. The van der Waals surface area contributed by atoms with Gasteiger partial charge < -0.3 is 10.1 Å². The molecule has 12 heavy (non-hydrogen) atoms. The summed E-state index contributed by atoms with van der Waals surface area (Å²) in [7, 11) is 1.27. The van der Waals surface area contributed by atoms with Gasteiger partial charge in [-0.3, -0.25) is 4.79 Å². The summed E-state index contributed by atoms with van der Waals surface area (Å²) in [6.45, 7) is 3.29. The number of nitrogens with one attached hydrogen (secondary N) is 1. The molecule has 0 aliphatic heterocycles. The second-order valence-electron chi connectivity index (χ2n) is 2.40. The predicted molar refractivity (Wildman–Crippen MR) is 53.5 cm³/mol. The summed E-state index contributed by atoms with van der Waals surface area (Å²) in [5, 5.41) is 2.45. The van der Waals surface area contributed by atoms with Crippen molar-refractivity contribution < 1.29 is 14.3 Å². The molecule has 1 unspecified atom stereocenters. The highest BCUT2D eigenvalue weighted by Crippen LogP contribution is 2.06. The maximum absolute atomic E-state index is 11.0. The normalized spacial score (nSPS) is 14.7. The molecule has 4 nitrogen and oxygen atoms in total. The lowest BCUT2D eigenvalue weighted by molar-refractivity contribution is -0.118. The summed E-state index contributed by atoms with van der Waals surface area (Å²) in [4.78, 5) is 21.7. The third kappa shape index (κ3) is 3.89. The molecule has 0 aromatic rings. The number of ketones is 1. The Bertz CT molecular complexity index is 181. The second kappa shape index (κ2) is 5.34. The van der Waals surface area contributed by atoms with E-state index < -0.39 is 12.1 Å². The molecule has 0 heterocycles. The monoisotopic (exact) mass is 285 g/mol. The van der Waals surface area contributed by atoms with E-state index in [1.807, 2.05) is 6.92 Å². The molecule has 0 aliphatic rings. The smallest absolute Gasteiger partial charge is 0.407 e. The zero-order valence-corrected chi connectivity index (χ0v) is 9.41. The molecule has 1 N–H and O–H groups in total. The quantitative estimate of drug-likeness (QED) is 0.624. The van der Waals surface area contributed by atoms with E-state index >= 15 is 0 Å². The maximum atomic E-state index is 11.0. The molecule has 0 aliphatic carbocycles. The van der Waals surface area contributed by atoms with Crippen LogP contribution in [0.1, 0.15) is 13.8 Å². The molecule has 0 aromatic heterocycles. The lowest BCUT2D eigenvalue weighted by Gasteiger charge is -2.16. The Hall–Kier alpha value is -0.330. The number of methoxy groups -OCH3 is 1. The standard InChI is InChI=1S/C7H12INO3/c1-4(8)6(5(2)10)9-7(11)12-3/h4,6H,1-3H3,(H,9,11)/t4?,6-/m0/s1. The van der Waals surface area contributed by atoms with Gasteiger partial charge in [-0.25, -0.2) is 4.79 Å². The number of amides is 1. The number of halogens is 1. The number of hydrogen-bond acceptors (Lipinski definition) is 3. The Morgan fingerprint density at radius 2 is 2.00 bits per heavy atom. The number of hydrogen-bond donors (Lipinski definition) is 1. The largest absolute Gasteiger partial charge is 0.453 e. The zero-order valence-electron chi connectivity index (χ0n) is 7.26. The first-order chi connectivity index (χ1) is 5.49. The first-order valence-electron chi connectivity index (χ1n) is 3.48. The van der Waals surface area contributed by atoms with Crippen molar-refractivity contribution in [1.29, 1.82) is 0 Å². The van der Waals surface area contributed by atoms with Crippen molar-refractivity contribution in [2.45, 2.75) is 23.8 Å². The van der Waals surface area contributed by atoms with E-state index in [9.17, 15) is 9.59 Å². The van der Waals surface area contributed by atoms with Crippen LogP contribution in [0, 0.1) is 0 Å². The molecule has 0 spiro atoms. The van der Waals surface area contributed by atoms with Gasteiger partial charge in [0.25, 0.3) is 0 Å². The van der Waals surface area contributed by atoms with Crippen LogP contribution >= 0.6 is 22.6 Å². The van der Waals surface area contributed by atoms with Gasteiger partial charge in [0.05, 0.1) is 7.11 Å². The molecule has 0 rings (SSSR count). The van der Waals surface area contributed by atoms with Crippen molar-refractivity contribution in [3.05, 3.63) is 0 Å². The van der Waals surface area contributed by atoms with Gasteiger partial charge in [-0.2, -0.15) is 0 Å². The van der Waals surface area contributed by atoms with Crippen molar-refractivity contribution in [1.82, 2.24) is 5.32 Å². The summed E-state index contributed by atoms with van der Waals surface area (Å²) in [6.07, 6.45) is -0.571. The fraction of sp³-hybridized carbons (Fsp3) is 0.714. The fourth-order valence-electron chi connectivity index (χ4n) is 0.726. The van der Waals surface area contributed by atoms with E-state index in [4.69, 9.17) is 0 Å². The van der Waals surface area contributed by atoms with Crippen molar-refractivity contribution in [2.24, 2.45) is 0 Å².